The second-order valence-corrected chi connectivity index (χ2v) is 4.25. The number of nitrogens with one attached hydrogen (secondary N) is 1. The molecule has 0 saturated carbocycles. The van der Waals surface area contributed by atoms with Gasteiger partial charge in [0.15, 0.2) is 0 Å². The normalized spacial score (nSPS) is 20.6. The number of nitrogens with zero attached hydrogens (tertiary/aromatic N) is 1. The van der Waals surface area contributed by atoms with Crippen LogP contribution in [0.2, 0.25) is 0 Å². The first-order valence-electron chi connectivity index (χ1n) is 6.35. The standard InChI is InChI=1S/C12H22N2O3/c1-3-7-17-8-5-6-14-9-11(15)13-10(4-2)12(14)16/h10H,3-9H2,1-2H3,(H,13,15). The van der Waals surface area contributed by atoms with Crippen LogP contribution in [0.4, 0.5) is 0 Å². The molecule has 5 nitrogen and oxygen atoms in total. The lowest BCUT2D eigenvalue weighted by Crippen LogP contribution is -2.57. The minimum Gasteiger partial charge on any atom is -0.381 e. The summed E-state index contributed by atoms with van der Waals surface area (Å²) in [5, 5.41) is 2.70. The van der Waals surface area contributed by atoms with Gasteiger partial charge in [0.25, 0.3) is 0 Å². The summed E-state index contributed by atoms with van der Waals surface area (Å²) in [6.45, 7) is 6.15. The van der Waals surface area contributed by atoms with Gasteiger partial charge in [-0.1, -0.05) is 13.8 Å². The Morgan fingerprint density at radius 3 is 2.76 bits per heavy atom. The van der Waals surface area contributed by atoms with Crippen molar-refractivity contribution in [3.05, 3.63) is 0 Å². The second-order valence-electron chi connectivity index (χ2n) is 4.25. The lowest BCUT2D eigenvalue weighted by molar-refractivity contribution is -0.144. The van der Waals surface area contributed by atoms with Gasteiger partial charge in [-0.15, -0.1) is 0 Å². The number of ether oxygens (including phenoxy) is 1. The maximum Gasteiger partial charge on any atom is 0.245 e. The Morgan fingerprint density at radius 1 is 1.35 bits per heavy atom. The number of amides is 2. The van der Waals surface area contributed by atoms with E-state index in [-0.39, 0.29) is 24.4 Å². The largest absolute Gasteiger partial charge is 0.381 e. The summed E-state index contributed by atoms with van der Waals surface area (Å²) < 4.78 is 5.35. The SMILES string of the molecule is CCCOCCCN1CC(=O)NC(CC)C1=O. The van der Waals surface area contributed by atoms with Crippen molar-refractivity contribution in [3.63, 3.8) is 0 Å². The van der Waals surface area contributed by atoms with Crippen molar-refractivity contribution in [2.75, 3.05) is 26.3 Å². The van der Waals surface area contributed by atoms with Gasteiger partial charge in [-0.2, -0.15) is 0 Å². The molecule has 0 aromatic rings. The van der Waals surface area contributed by atoms with Gasteiger partial charge in [0.1, 0.15) is 6.04 Å². The molecule has 0 aromatic carbocycles. The first-order chi connectivity index (χ1) is 8.19. The van der Waals surface area contributed by atoms with Crippen LogP contribution < -0.4 is 5.32 Å². The van der Waals surface area contributed by atoms with Crippen LogP contribution in [0.25, 0.3) is 0 Å². The Bertz CT molecular complexity index is 268. The van der Waals surface area contributed by atoms with Crippen LogP contribution >= 0.6 is 0 Å². The van der Waals surface area contributed by atoms with Gasteiger partial charge in [-0.05, 0) is 19.3 Å². The molecule has 0 aliphatic carbocycles. The van der Waals surface area contributed by atoms with Gasteiger partial charge in [-0.3, -0.25) is 9.59 Å². The van der Waals surface area contributed by atoms with E-state index in [1.54, 1.807) is 4.90 Å². The molecule has 1 N–H and O–H groups in total. The topological polar surface area (TPSA) is 58.6 Å². The Labute approximate surface area is 102 Å². The van der Waals surface area contributed by atoms with Crippen LogP contribution in [0, 0.1) is 0 Å². The summed E-state index contributed by atoms with van der Waals surface area (Å²) in [5.74, 6) is -0.0338. The van der Waals surface area contributed by atoms with Gasteiger partial charge in [0.2, 0.25) is 11.8 Å². The molecular formula is C12H22N2O3. The van der Waals surface area contributed by atoms with Crippen molar-refractivity contribution in [1.29, 1.82) is 0 Å². The summed E-state index contributed by atoms with van der Waals surface area (Å²) in [6.07, 6.45) is 2.44. The average Bonchev–Trinajstić information content (AvgIpc) is 2.32. The molecule has 98 valence electrons. The molecule has 2 amide bonds. The van der Waals surface area contributed by atoms with Crippen molar-refractivity contribution in [2.24, 2.45) is 0 Å². The van der Waals surface area contributed by atoms with Gasteiger partial charge < -0.3 is 15.0 Å². The monoisotopic (exact) mass is 242 g/mol. The number of carbonyl (C=O) groups is 2. The quantitative estimate of drug-likeness (QED) is 0.663. The van der Waals surface area contributed by atoms with Crippen molar-refractivity contribution >= 4 is 11.8 Å². The number of carbonyl (C=O) groups excluding carboxylic acids is 2. The fourth-order valence-corrected chi connectivity index (χ4v) is 1.84. The van der Waals surface area contributed by atoms with Crippen molar-refractivity contribution in [3.8, 4) is 0 Å². The van der Waals surface area contributed by atoms with E-state index in [1.165, 1.54) is 0 Å². The Kier molecular flexibility index (Phi) is 5.97. The van der Waals surface area contributed by atoms with E-state index in [9.17, 15) is 9.59 Å². The Hall–Kier alpha value is -1.10. The summed E-state index contributed by atoms with van der Waals surface area (Å²) in [6, 6.07) is -0.340. The minimum atomic E-state index is -0.340. The molecule has 1 saturated heterocycles. The molecule has 5 heteroatoms. The average molecular weight is 242 g/mol. The van der Waals surface area contributed by atoms with E-state index in [1.807, 2.05) is 6.92 Å². The van der Waals surface area contributed by atoms with Crippen LogP contribution in [-0.2, 0) is 14.3 Å². The molecule has 1 aliphatic rings. The van der Waals surface area contributed by atoms with E-state index in [0.29, 0.717) is 19.6 Å². The second kappa shape index (κ2) is 7.27. The third kappa shape index (κ3) is 4.34. The third-order valence-corrected chi connectivity index (χ3v) is 2.75. The molecule has 1 heterocycles. The summed E-state index contributed by atoms with van der Waals surface area (Å²) in [4.78, 5) is 24.9. The highest BCUT2D eigenvalue weighted by molar-refractivity contribution is 5.94. The zero-order chi connectivity index (χ0) is 12.7. The molecule has 0 spiro atoms. The van der Waals surface area contributed by atoms with Crippen LogP contribution in [0.15, 0.2) is 0 Å². The van der Waals surface area contributed by atoms with E-state index in [4.69, 9.17) is 4.74 Å². The fourth-order valence-electron chi connectivity index (χ4n) is 1.84. The lowest BCUT2D eigenvalue weighted by atomic mass is 10.1. The van der Waals surface area contributed by atoms with Crippen LogP contribution in [-0.4, -0.2) is 49.1 Å². The molecule has 1 fully saturated rings. The zero-order valence-electron chi connectivity index (χ0n) is 10.7. The molecule has 0 bridgehead atoms. The van der Waals surface area contributed by atoms with Crippen LogP contribution in [0.1, 0.15) is 33.1 Å². The van der Waals surface area contributed by atoms with E-state index < -0.39 is 0 Å². The van der Waals surface area contributed by atoms with Gasteiger partial charge in [-0.25, -0.2) is 0 Å². The number of rotatable bonds is 7. The maximum absolute atomic E-state index is 11.9. The zero-order valence-corrected chi connectivity index (χ0v) is 10.7. The minimum absolute atomic E-state index is 0.0302. The van der Waals surface area contributed by atoms with E-state index >= 15 is 0 Å². The number of hydrogen-bond donors (Lipinski definition) is 1. The maximum atomic E-state index is 11.9. The highest BCUT2D eigenvalue weighted by atomic mass is 16.5. The summed E-state index contributed by atoms with van der Waals surface area (Å²) in [7, 11) is 0. The predicted octanol–water partition coefficient (Wildman–Crippen LogP) is 0.540. The van der Waals surface area contributed by atoms with Crippen molar-refractivity contribution < 1.29 is 14.3 Å². The predicted molar refractivity (Wildman–Crippen MR) is 64.5 cm³/mol. The molecule has 1 atom stereocenters. The molecule has 0 aromatic heterocycles. The molecular weight excluding hydrogens is 220 g/mol. The molecule has 0 radical (unpaired) electrons. The van der Waals surface area contributed by atoms with Gasteiger partial charge >= 0.3 is 0 Å². The smallest absolute Gasteiger partial charge is 0.245 e. The van der Waals surface area contributed by atoms with Gasteiger partial charge in [0, 0.05) is 19.8 Å². The molecule has 17 heavy (non-hydrogen) atoms. The summed E-state index contributed by atoms with van der Waals surface area (Å²) in [5.41, 5.74) is 0. The molecule has 1 rings (SSSR count). The van der Waals surface area contributed by atoms with E-state index in [2.05, 4.69) is 12.2 Å². The molecule has 1 aliphatic heterocycles. The van der Waals surface area contributed by atoms with Crippen molar-refractivity contribution in [1.82, 2.24) is 10.2 Å². The Morgan fingerprint density at radius 2 is 2.12 bits per heavy atom. The van der Waals surface area contributed by atoms with Crippen LogP contribution in [0.5, 0.6) is 0 Å². The summed E-state index contributed by atoms with van der Waals surface area (Å²) >= 11 is 0. The Balaban J connectivity index is 2.30. The first-order valence-corrected chi connectivity index (χ1v) is 6.35. The lowest BCUT2D eigenvalue weighted by Gasteiger charge is -2.32. The highest BCUT2D eigenvalue weighted by Crippen LogP contribution is 2.06. The van der Waals surface area contributed by atoms with E-state index in [0.717, 1.165) is 19.4 Å². The van der Waals surface area contributed by atoms with Gasteiger partial charge in [0.05, 0.1) is 6.54 Å². The fraction of sp³-hybridized carbons (Fsp3) is 0.833. The molecule has 1 unspecified atom stereocenters. The number of hydrogen-bond acceptors (Lipinski definition) is 3. The highest BCUT2D eigenvalue weighted by Gasteiger charge is 2.30. The van der Waals surface area contributed by atoms with Crippen molar-refractivity contribution in [2.45, 2.75) is 39.2 Å². The van der Waals surface area contributed by atoms with Crippen LogP contribution in [0.3, 0.4) is 0 Å². The number of piperazine rings is 1. The third-order valence-electron chi connectivity index (χ3n) is 2.75. The first kappa shape index (κ1) is 14.0.